The van der Waals surface area contributed by atoms with Crippen molar-refractivity contribution in [3.8, 4) is 5.75 Å². The van der Waals surface area contributed by atoms with E-state index < -0.39 is 4.92 Å². The highest BCUT2D eigenvalue weighted by molar-refractivity contribution is 6.32. The van der Waals surface area contributed by atoms with E-state index in [1.807, 2.05) is 30.3 Å². The first-order chi connectivity index (χ1) is 11.6. The Balaban J connectivity index is 1.62. The standard InChI is InChI=1S/C16H12ClN3O4/c17-13-9-12(20(21)22)6-7-14(13)23-10-16-19-18-15(24-16)8-11-4-2-1-3-5-11/h1-7,9H,8,10H2. The molecule has 0 saturated heterocycles. The first-order valence-electron chi connectivity index (χ1n) is 7.04. The highest BCUT2D eigenvalue weighted by Crippen LogP contribution is 2.29. The maximum absolute atomic E-state index is 10.7. The maximum atomic E-state index is 10.7. The lowest BCUT2D eigenvalue weighted by atomic mass is 10.2. The van der Waals surface area contributed by atoms with Crippen LogP contribution in [-0.4, -0.2) is 15.1 Å². The second-order valence-electron chi connectivity index (χ2n) is 4.91. The zero-order chi connectivity index (χ0) is 16.9. The zero-order valence-electron chi connectivity index (χ0n) is 12.4. The summed E-state index contributed by atoms with van der Waals surface area (Å²) in [6.07, 6.45) is 0.534. The molecule has 1 heterocycles. The zero-order valence-corrected chi connectivity index (χ0v) is 13.1. The molecule has 24 heavy (non-hydrogen) atoms. The number of nitro benzene ring substituents is 1. The fourth-order valence-corrected chi connectivity index (χ4v) is 2.28. The summed E-state index contributed by atoms with van der Waals surface area (Å²) in [6, 6.07) is 13.7. The third-order valence-electron chi connectivity index (χ3n) is 3.18. The molecule has 122 valence electrons. The molecule has 0 N–H and O–H groups in total. The minimum atomic E-state index is -0.524. The summed E-state index contributed by atoms with van der Waals surface area (Å²) >= 11 is 5.96. The number of benzene rings is 2. The predicted molar refractivity (Wildman–Crippen MR) is 86.0 cm³/mol. The van der Waals surface area contributed by atoms with Crippen LogP contribution in [0.1, 0.15) is 17.3 Å². The maximum Gasteiger partial charge on any atom is 0.271 e. The molecule has 0 aliphatic rings. The molecule has 0 aliphatic heterocycles. The summed E-state index contributed by atoms with van der Waals surface area (Å²) in [7, 11) is 0. The summed E-state index contributed by atoms with van der Waals surface area (Å²) in [5.41, 5.74) is 0.960. The number of halogens is 1. The minimum Gasteiger partial charge on any atom is -0.482 e. The Bertz CT molecular complexity index is 852. The third kappa shape index (κ3) is 3.88. The van der Waals surface area contributed by atoms with E-state index in [4.69, 9.17) is 20.8 Å². The van der Waals surface area contributed by atoms with Crippen LogP contribution in [0.2, 0.25) is 5.02 Å². The van der Waals surface area contributed by atoms with Gasteiger partial charge in [-0.15, -0.1) is 10.2 Å². The van der Waals surface area contributed by atoms with Crippen molar-refractivity contribution >= 4 is 17.3 Å². The lowest BCUT2D eigenvalue weighted by Gasteiger charge is -2.05. The van der Waals surface area contributed by atoms with Crippen molar-refractivity contribution in [1.29, 1.82) is 0 Å². The number of rotatable bonds is 6. The van der Waals surface area contributed by atoms with Crippen molar-refractivity contribution in [2.75, 3.05) is 0 Å². The summed E-state index contributed by atoms with van der Waals surface area (Å²) < 4.78 is 11.0. The Morgan fingerprint density at radius 2 is 1.88 bits per heavy atom. The Kier molecular flexibility index (Phi) is 4.72. The van der Waals surface area contributed by atoms with Crippen molar-refractivity contribution < 1.29 is 14.1 Å². The number of nitrogens with zero attached hydrogens (tertiary/aromatic N) is 3. The SMILES string of the molecule is O=[N+]([O-])c1ccc(OCc2nnc(Cc3ccccc3)o2)c(Cl)c1. The molecule has 3 aromatic rings. The topological polar surface area (TPSA) is 91.3 Å². The van der Waals surface area contributed by atoms with Crippen molar-refractivity contribution in [2.45, 2.75) is 13.0 Å². The van der Waals surface area contributed by atoms with E-state index in [0.29, 0.717) is 24.0 Å². The van der Waals surface area contributed by atoms with Gasteiger partial charge < -0.3 is 9.15 Å². The number of hydrogen-bond donors (Lipinski definition) is 0. The van der Waals surface area contributed by atoms with E-state index in [0.717, 1.165) is 5.56 Å². The number of aromatic nitrogens is 2. The Labute approximate surface area is 142 Å². The van der Waals surface area contributed by atoms with Gasteiger partial charge in [0.25, 0.3) is 11.6 Å². The highest BCUT2D eigenvalue weighted by Gasteiger charge is 2.12. The van der Waals surface area contributed by atoms with Crippen LogP contribution in [0.25, 0.3) is 0 Å². The van der Waals surface area contributed by atoms with Gasteiger partial charge in [-0.25, -0.2) is 0 Å². The molecule has 3 rings (SSSR count). The minimum absolute atomic E-state index is 0.0271. The Morgan fingerprint density at radius 3 is 2.58 bits per heavy atom. The molecule has 0 radical (unpaired) electrons. The van der Waals surface area contributed by atoms with E-state index in [1.54, 1.807) is 0 Å². The lowest BCUT2D eigenvalue weighted by molar-refractivity contribution is -0.384. The van der Waals surface area contributed by atoms with Crippen LogP contribution in [0.3, 0.4) is 0 Å². The van der Waals surface area contributed by atoms with E-state index in [9.17, 15) is 10.1 Å². The fraction of sp³-hybridized carbons (Fsp3) is 0.125. The smallest absolute Gasteiger partial charge is 0.271 e. The van der Waals surface area contributed by atoms with Crippen molar-refractivity contribution in [3.63, 3.8) is 0 Å². The van der Waals surface area contributed by atoms with Crippen LogP contribution in [0.15, 0.2) is 52.9 Å². The van der Waals surface area contributed by atoms with Gasteiger partial charge in [0, 0.05) is 12.1 Å². The largest absolute Gasteiger partial charge is 0.482 e. The fourth-order valence-electron chi connectivity index (χ4n) is 2.05. The molecule has 0 aliphatic carbocycles. The highest BCUT2D eigenvalue weighted by atomic mass is 35.5. The molecule has 0 atom stereocenters. The van der Waals surface area contributed by atoms with Crippen LogP contribution in [0, 0.1) is 10.1 Å². The van der Waals surface area contributed by atoms with Crippen molar-refractivity contribution in [1.82, 2.24) is 10.2 Å². The summed E-state index contributed by atoms with van der Waals surface area (Å²) in [5.74, 6) is 1.09. The lowest BCUT2D eigenvalue weighted by Crippen LogP contribution is -1.97. The average Bonchev–Trinajstić information content (AvgIpc) is 3.02. The molecule has 0 bridgehead atoms. The Morgan fingerprint density at radius 1 is 1.12 bits per heavy atom. The molecule has 2 aromatic carbocycles. The van der Waals surface area contributed by atoms with Crippen LogP contribution in [-0.2, 0) is 13.0 Å². The van der Waals surface area contributed by atoms with Crippen molar-refractivity contribution in [2.24, 2.45) is 0 Å². The molecule has 0 unspecified atom stereocenters. The first kappa shape index (κ1) is 15.9. The van der Waals surface area contributed by atoms with Crippen LogP contribution in [0.5, 0.6) is 5.75 Å². The number of hydrogen-bond acceptors (Lipinski definition) is 6. The van der Waals surface area contributed by atoms with Gasteiger partial charge in [-0.3, -0.25) is 10.1 Å². The third-order valence-corrected chi connectivity index (χ3v) is 3.48. The average molecular weight is 346 g/mol. The van der Waals surface area contributed by atoms with E-state index in [-0.39, 0.29) is 17.3 Å². The summed E-state index contributed by atoms with van der Waals surface area (Å²) in [6.45, 7) is 0.0271. The molecule has 0 fully saturated rings. The summed E-state index contributed by atoms with van der Waals surface area (Å²) in [5, 5.41) is 18.7. The molecule has 0 amide bonds. The molecular formula is C16H12ClN3O4. The molecule has 0 saturated carbocycles. The van der Waals surface area contributed by atoms with Gasteiger partial charge in [0.1, 0.15) is 5.75 Å². The van der Waals surface area contributed by atoms with Gasteiger partial charge >= 0.3 is 0 Å². The van der Waals surface area contributed by atoms with E-state index in [2.05, 4.69) is 10.2 Å². The van der Waals surface area contributed by atoms with Gasteiger partial charge in [0.15, 0.2) is 6.61 Å². The van der Waals surface area contributed by atoms with Crippen molar-refractivity contribution in [3.05, 3.63) is 81.0 Å². The van der Waals surface area contributed by atoms with Crippen LogP contribution < -0.4 is 4.74 Å². The molecule has 0 spiro atoms. The van der Waals surface area contributed by atoms with Gasteiger partial charge in [-0.2, -0.15) is 0 Å². The second kappa shape index (κ2) is 7.10. The first-order valence-corrected chi connectivity index (χ1v) is 7.41. The molecular weight excluding hydrogens is 334 g/mol. The summed E-state index contributed by atoms with van der Waals surface area (Å²) in [4.78, 5) is 10.1. The van der Waals surface area contributed by atoms with Crippen LogP contribution in [0.4, 0.5) is 5.69 Å². The number of nitro groups is 1. The van der Waals surface area contributed by atoms with Gasteiger partial charge in [0.2, 0.25) is 5.89 Å². The molecule has 7 nitrogen and oxygen atoms in total. The van der Waals surface area contributed by atoms with Gasteiger partial charge in [-0.05, 0) is 11.6 Å². The normalized spacial score (nSPS) is 10.5. The van der Waals surface area contributed by atoms with E-state index in [1.165, 1.54) is 18.2 Å². The molecule has 1 aromatic heterocycles. The number of non-ortho nitro benzene ring substituents is 1. The second-order valence-corrected chi connectivity index (χ2v) is 5.32. The quantitative estimate of drug-likeness (QED) is 0.498. The number of ether oxygens (including phenoxy) is 1. The van der Waals surface area contributed by atoms with E-state index >= 15 is 0 Å². The Hall–Kier alpha value is -2.93. The van der Waals surface area contributed by atoms with Crippen LogP contribution >= 0.6 is 11.6 Å². The molecule has 8 heteroatoms. The monoisotopic (exact) mass is 345 g/mol. The van der Waals surface area contributed by atoms with Gasteiger partial charge in [0.05, 0.1) is 16.4 Å². The van der Waals surface area contributed by atoms with Gasteiger partial charge in [-0.1, -0.05) is 41.9 Å². The predicted octanol–water partition coefficient (Wildman–Crippen LogP) is 3.80.